The lowest BCUT2D eigenvalue weighted by Gasteiger charge is -2.36. The van der Waals surface area contributed by atoms with Gasteiger partial charge in [0.05, 0.1) is 19.3 Å². The lowest BCUT2D eigenvalue weighted by Crippen LogP contribution is -2.50. The zero-order valence-electron chi connectivity index (χ0n) is 15.2. The average Bonchev–Trinajstić information content (AvgIpc) is 2.69. The maximum atomic E-state index is 12.5. The second-order valence-electron chi connectivity index (χ2n) is 6.36. The van der Waals surface area contributed by atoms with Crippen molar-refractivity contribution in [3.63, 3.8) is 0 Å². The van der Waals surface area contributed by atoms with Gasteiger partial charge in [-0.3, -0.25) is 4.79 Å². The van der Waals surface area contributed by atoms with Crippen molar-refractivity contribution >= 4 is 28.9 Å². The molecule has 3 rings (SSSR count). The number of rotatable bonds is 5. The van der Waals surface area contributed by atoms with Crippen molar-refractivity contribution < 1.29 is 9.53 Å². The van der Waals surface area contributed by atoms with E-state index in [1.54, 1.807) is 13.2 Å². The standard InChI is InChI=1S/C20H24ClN3O2/c1-15-12-18(19(26-2)13-17(15)21)22-14-20(25)24-10-8-23(9-11-24)16-6-4-3-5-7-16/h3-7,12-13,22H,8-11,14H2,1-2H3. The number of halogens is 1. The smallest absolute Gasteiger partial charge is 0.241 e. The molecule has 1 saturated heterocycles. The maximum Gasteiger partial charge on any atom is 0.241 e. The van der Waals surface area contributed by atoms with Gasteiger partial charge in [-0.15, -0.1) is 0 Å². The Hall–Kier alpha value is -2.40. The molecule has 1 fully saturated rings. The summed E-state index contributed by atoms with van der Waals surface area (Å²) in [5.41, 5.74) is 2.93. The summed E-state index contributed by atoms with van der Waals surface area (Å²) in [6.45, 7) is 5.32. The van der Waals surface area contributed by atoms with Crippen LogP contribution >= 0.6 is 11.6 Å². The summed E-state index contributed by atoms with van der Waals surface area (Å²) in [5.74, 6) is 0.731. The van der Waals surface area contributed by atoms with Gasteiger partial charge in [0.2, 0.25) is 5.91 Å². The number of carbonyl (C=O) groups is 1. The number of benzene rings is 2. The number of para-hydroxylation sites is 1. The molecule has 0 aliphatic carbocycles. The largest absolute Gasteiger partial charge is 0.495 e. The van der Waals surface area contributed by atoms with E-state index < -0.39 is 0 Å². The highest BCUT2D eigenvalue weighted by Crippen LogP contribution is 2.30. The van der Waals surface area contributed by atoms with E-state index in [0.29, 0.717) is 10.8 Å². The van der Waals surface area contributed by atoms with E-state index in [1.807, 2.05) is 36.1 Å². The van der Waals surface area contributed by atoms with Gasteiger partial charge in [-0.1, -0.05) is 29.8 Å². The molecule has 0 unspecified atom stereocenters. The highest BCUT2D eigenvalue weighted by molar-refractivity contribution is 6.31. The van der Waals surface area contributed by atoms with Gasteiger partial charge in [0, 0.05) is 43.0 Å². The van der Waals surface area contributed by atoms with E-state index in [2.05, 4.69) is 22.3 Å². The van der Waals surface area contributed by atoms with Crippen LogP contribution < -0.4 is 15.0 Å². The zero-order chi connectivity index (χ0) is 18.5. The van der Waals surface area contributed by atoms with Gasteiger partial charge in [-0.2, -0.15) is 0 Å². The van der Waals surface area contributed by atoms with Gasteiger partial charge in [-0.25, -0.2) is 0 Å². The van der Waals surface area contributed by atoms with Gasteiger partial charge in [0.1, 0.15) is 5.75 Å². The lowest BCUT2D eigenvalue weighted by atomic mass is 10.2. The number of carbonyl (C=O) groups excluding carboxylic acids is 1. The predicted molar refractivity (Wildman–Crippen MR) is 106 cm³/mol. The van der Waals surface area contributed by atoms with Crippen LogP contribution in [0.1, 0.15) is 5.56 Å². The Morgan fingerprint density at radius 3 is 2.50 bits per heavy atom. The monoisotopic (exact) mass is 373 g/mol. The fraction of sp³-hybridized carbons (Fsp3) is 0.350. The minimum atomic E-state index is 0.0902. The summed E-state index contributed by atoms with van der Waals surface area (Å²) in [4.78, 5) is 16.8. The van der Waals surface area contributed by atoms with Crippen LogP contribution in [0.15, 0.2) is 42.5 Å². The molecule has 0 spiro atoms. The molecule has 1 amide bonds. The highest BCUT2D eigenvalue weighted by Gasteiger charge is 2.21. The van der Waals surface area contributed by atoms with Crippen molar-refractivity contribution in [2.75, 3.05) is 50.1 Å². The molecule has 1 N–H and O–H groups in total. The third-order valence-corrected chi connectivity index (χ3v) is 5.07. The van der Waals surface area contributed by atoms with E-state index >= 15 is 0 Å². The minimum absolute atomic E-state index is 0.0902. The van der Waals surface area contributed by atoms with Crippen molar-refractivity contribution in [3.8, 4) is 5.75 Å². The molecule has 0 atom stereocenters. The molecular formula is C20H24ClN3O2. The Balaban J connectivity index is 1.54. The molecule has 1 aliphatic rings. The second-order valence-corrected chi connectivity index (χ2v) is 6.77. The van der Waals surface area contributed by atoms with Crippen LogP contribution in [0.3, 0.4) is 0 Å². The number of nitrogens with zero attached hydrogens (tertiary/aromatic N) is 2. The van der Waals surface area contributed by atoms with Gasteiger partial charge in [-0.05, 0) is 30.7 Å². The number of methoxy groups -OCH3 is 1. The highest BCUT2D eigenvalue weighted by atomic mass is 35.5. The summed E-state index contributed by atoms with van der Waals surface area (Å²) in [6, 6.07) is 14.0. The zero-order valence-corrected chi connectivity index (χ0v) is 15.9. The van der Waals surface area contributed by atoms with Crippen LogP contribution in [0.4, 0.5) is 11.4 Å². The third kappa shape index (κ3) is 4.22. The first-order valence-electron chi connectivity index (χ1n) is 8.74. The van der Waals surface area contributed by atoms with Crippen LogP contribution in [0.25, 0.3) is 0 Å². The maximum absolute atomic E-state index is 12.5. The molecule has 0 radical (unpaired) electrons. The fourth-order valence-corrected chi connectivity index (χ4v) is 3.26. The number of aryl methyl sites for hydroxylation is 1. The third-order valence-electron chi connectivity index (χ3n) is 4.66. The molecule has 1 aliphatic heterocycles. The summed E-state index contributed by atoms with van der Waals surface area (Å²) in [5, 5.41) is 3.83. The molecule has 5 nitrogen and oxygen atoms in total. The van der Waals surface area contributed by atoms with Crippen LogP contribution in [-0.4, -0.2) is 50.6 Å². The quantitative estimate of drug-likeness (QED) is 0.872. The Bertz CT molecular complexity index is 759. The van der Waals surface area contributed by atoms with Crippen molar-refractivity contribution in [2.24, 2.45) is 0 Å². The molecule has 6 heteroatoms. The lowest BCUT2D eigenvalue weighted by molar-refractivity contribution is -0.129. The molecule has 2 aromatic rings. The SMILES string of the molecule is COc1cc(Cl)c(C)cc1NCC(=O)N1CCN(c2ccccc2)CC1. The fourth-order valence-electron chi connectivity index (χ4n) is 3.11. The number of amides is 1. The van der Waals surface area contributed by atoms with Crippen molar-refractivity contribution in [3.05, 3.63) is 53.1 Å². The normalized spacial score (nSPS) is 14.3. The summed E-state index contributed by atoms with van der Waals surface area (Å²) in [7, 11) is 1.59. The molecule has 2 aromatic carbocycles. The number of hydrogen-bond acceptors (Lipinski definition) is 4. The van der Waals surface area contributed by atoms with Crippen LogP contribution in [0, 0.1) is 6.92 Å². The first-order valence-corrected chi connectivity index (χ1v) is 9.12. The first-order chi connectivity index (χ1) is 12.6. The predicted octanol–water partition coefficient (Wildman–Crippen LogP) is 3.42. The molecular weight excluding hydrogens is 350 g/mol. The Morgan fingerprint density at radius 1 is 1.15 bits per heavy atom. The Kier molecular flexibility index (Phi) is 5.89. The topological polar surface area (TPSA) is 44.8 Å². The molecule has 138 valence electrons. The van der Waals surface area contributed by atoms with E-state index in [9.17, 15) is 4.79 Å². The average molecular weight is 374 g/mol. The van der Waals surface area contributed by atoms with Crippen molar-refractivity contribution in [1.29, 1.82) is 0 Å². The van der Waals surface area contributed by atoms with Crippen LogP contribution in [0.5, 0.6) is 5.75 Å². The van der Waals surface area contributed by atoms with E-state index in [1.165, 1.54) is 5.69 Å². The summed E-state index contributed by atoms with van der Waals surface area (Å²) >= 11 is 6.13. The number of ether oxygens (including phenoxy) is 1. The van der Waals surface area contributed by atoms with Crippen molar-refractivity contribution in [1.82, 2.24) is 4.90 Å². The molecule has 0 aromatic heterocycles. The molecule has 26 heavy (non-hydrogen) atoms. The van der Waals surface area contributed by atoms with Gasteiger partial charge >= 0.3 is 0 Å². The van der Waals surface area contributed by atoms with Gasteiger partial charge in [0.15, 0.2) is 0 Å². The molecule has 1 heterocycles. The van der Waals surface area contributed by atoms with Crippen LogP contribution in [0.2, 0.25) is 5.02 Å². The minimum Gasteiger partial charge on any atom is -0.495 e. The van der Waals surface area contributed by atoms with Gasteiger partial charge in [0.25, 0.3) is 0 Å². The number of anilines is 2. The van der Waals surface area contributed by atoms with Crippen LogP contribution in [-0.2, 0) is 4.79 Å². The number of nitrogens with one attached hydrogen (secondary N) is 1. The summed E-state index contributed by atoms with van der Waals surface area (Å²) in [6.07, 6.45) is 0. The number of hydrogen-bond donors (Lipinski definition) is 1. The second kappa shape index (κ2) is 8.32. The van der Waals surface area contributed by atoms with E-state index in [4.69, 9.17) is 16.3 Å². The number of piperazine rings is 1. The molecule has 0 bridgehead atoms. The van der Waals surface area contributed by atoms with Crippen molar-refractivity contribution in [2.45, 2.75) is 6.92 Å². The van der Waals surface area contributed by atoms with E-state index in [-0.39, 0.29) is 12.5 Å². The Labute approximate surface area is 159 Å². The van der Waals surface area contributed by atoms with E-state index in [0.717, 1.165) is 37.4 Å². The summed E-state index contributed by atoms with van der Waals surface area (Å²) < 4.78 is 5.34. The van der Waals surface area contributed by atoms with Gasteiger partial charge < -0.3 is 19.9 Å². The molecule has 0 saturated carbocycles. The first kappa shape index (κ1) is 18.4. The Morgan fingerprint density at radius 2 is 1.85 bits per heavy atom.